The van der Waals surface area contributed by atoms with Crippen LogP contribution in [-0.2, 0) is 5.54 Å². The van der Waals surface area contributed by atoms with Crippen molar-refractivity contribution in [2.24, 2.45) is 5.92 Å². The standard InChI is InChI=1S/C20H32N6O/c1-8-10-25(11-9-2)16(14(3)4)13-21-19-23-17-15(18(27)24-19)12-22-26(17)20(5,6)7/h8-9,12,14,16H,1-2,10-11,13H2,3-7H3,(H2,21,23,24,27)/t16-/m0/s1. The van der Waals surface area contributed by atoms with E-state index in [4.69, 9.17) is 0 Å². The Morgan fingerprint density at radius 1 is 1.30 bits per heavy atom. The van der Waals surface area contributed by atoms with Crippen molar-refractivity contribution >= 4 is 17.0 Å². The molecule has 2 N–H and O–H groups in total. The lowest BCUT2D eigenvalue weighted by atomic mass is 10.0. The molecular weight excluding hydrogens is 340 g/mol. The highest BCUT2D eigenvalue weighted by molar-refractivity contribution is 5.74. The summed E-state index contributed by atoms with van der Waals surface area (Å²) in [5.41, 5.74) is 0.141. The van der Waals surface area contributed by atoms with Gasteiger partial charge >= 0.3 is 0 Å². The zero-order valence-corrected chi connectivity index (χ0v) is 17.1. The summed E-state index contributed by atoms with van der Waals surface area (Å²) in [5, 5.41) is 8.15. The third-order valence-electron chi connectivity index (χ3n) is 4.52. The fourth-order valence-corrected chi connectivity index (χ4v) is 3.16. The number of nitrogens with zero attached hydrogens (tertiary/aromatic N) is 4. The van der Waals surface area contributed by atoms with Crippen LogP contribution < -0.4 is 10.9 Å². The minimum absolute atomic E-state index is 0.187. The molecule has 0 aliphatic carbocycles. The molecule has 0 aromatic carbocycles. The fourth-order valence-electron chi connectivity index (χ4n) is 3.16. The van der Waals surface area contributed by atoms with E-state index >= 15 is 0 Å². The highest BCUT2D eigenvalue weighted by atomic mass is 16.1. The molecule has 0 aliphatic rings. The van der Waals surface area contributed by atoms with Gasteiger partial charge in [-0.3, -0.25) is 14.7 Å². The van der Waals surface area contributed by atoms with Crippen molar-refractivity contribution in [3.8, 4) is 0 Å². The summed E-state index contributed by atoms with van der Waals surface area (Å²) in [4.78, 5) is 22.2. The molecule has 0 spiro atoms. The van der Waals surface area contributed by atoms with Gasteiger partial charge in [0.05, 0.1) is 11.7 Å². The highest BCUT2D eigenvalue weighted by Crippen LogP contribution is 2.19. The molecule has 1 atom stereocenters. The van der Waals surface area contributed by atoms with E-state index in [9.17, 15) is 4.79 Å². The number of hydrogen-bond acceptors (Lipinski definition) is 5. The predicted octanol–water partition coefficient (Wildman–Crippen LogP) is 2.99. The van der Waals surface area contributed by atoms with E-state index in [1.807, 2.05) is 32.9 Å². The van der Waals surface area contributed by atoms with Gasteiger partial charge in [0.1, 0.15) is 5.39 Å². The Balaban J connectivity index is 2.30. The van der Waals surface area contributed by atoms with Crippen LogP contribution in [0.1, 0.15) is 34.6 Å². The van der Waals surface area contributed by atoms with Crippen LogP contribution >= 0.6 is 0 Å². The lowest BCUT2D eigenvalue weighted by Gasteiger charge is -2.33. The largest absolute Gasteiger partial charge is 0.354 e. The van der Waals surface area contributed by atoms with Crippen molar-refractivity contribution in [3.63, 3.8) is 0 Å². The lowest BCUT2D eigenvalue weighted by Crippen LogP contribution is -2.44. The Bertz CT molecular complexity index is 832. The summed E-state index contributed by atoms with van der Waals surface area (Å²) in [5.74, 6) is 0.870. The molecule has 0 amide bonds. The maximum atomic E-state index is 12.4. The van der Waals surface area contributed by atoms with Crippen LogP contribution in [-0.4, -0.2) is 50.3 Å². The van der Waals surface area contributed by atoms with Crippen LogP contribution in [0.25, 0.3) is 11.0 Å². The number of H-pyrrole nitrogens is 1. The smallest absolute Gasteiger partial charge is 0.263 e. The number of aromatic amines is 1. The van der Waals surface area contributed by atoms with Gasteiger partial charge in [0, 0.05) is 25.7 Å². The molecule has 0 radical (unpaired) electrons. The number of hydrogen-bond donors (Lipinski definition) is 2. The monoisotopic (exact) mass is 372 g/mol. The van der Waals surface area contributed by atoms with Gasteiger partial charge in [0.15, 0.2) is 5.65 Å². The van der Waals surface area contributed by atoms with Crippen molar-refractivity contribution in [1.29, 1.82) is 0 Å². The third-order valence-corrected chi connectivity index (χ3v) is 4.52. The first-order valence-corrected chi connectivity index (χ1v) is 9.37. The average Bonchev–Trinajstić information content (AvgIpc) is 3.00. The first-order valence-electron chi connectivity index (χ1n) is 9.37. The van der Waals surface area contributed by atoms with Crippen LogP contribution in [0.4, 0.5) is 5.95 Å². The van der Waals surface area contributed by atoms with Crippen LogP contribution in [0.5, 0.6) is 0 Å². The van der Waals surface area contributed by atoms with Gasteiger partial charge in [-0.2, -0.15) is 10.1 Å². The molecule has 0 unspecified atom stereocenters. The Labute approximate surface area is 161 Å². The molecular formula is C20H32N6O. The Hall–Kier alpha value is -2.41. The lowest BCUT2D eigenvalue weighted by molar-refractivity contribution is 0.199. The second-order valence-electron chi connectivity index (χ2n) is 8.10. The summed E-state index contributed by atoms with van der Waals surface area (Å²) in [6, 6.07) is 0.245. The zero-order valence-electron chi connectivity index (χ0n) is 17.1. The Morgan fingerprint density at radius 3 is 2.44 bits per heavy atom. The van der Waals surface area contributed by atoms with Crippen molar-refractivity contribution in [2.75, 3.05) is 25.0 Å². The first-order chi connectivity index (χ1) is 12.7. The van der Waals surface area contributed by atoms with Gasteiger partial charge in [0.2, 0.25) is 5.95 Å². The topological polar surface area (TPSA) is 78.8 Å². The van der Waals surface area contributed by atoms with Crippen LogP contribution in [0, 0.1) is 5.92 Å². The van der Waals surface area contributed by atoms with Gasteiger partial charge in [-0.1, -0.05) is 26.0 Å². The number of aromatic nitrogens is 4. The van der Waals surface area contributed by atoms with E-state index < -0.39 is 0 Å². The quantitative estimate of drug-likeness (QED) is 0.662. The van der Waals surface area contributed by atoms with Crippen LogP contribution in [0.15, 0.2) is 36.3 Å². The molecule has 2 heterocycles. The second kappa shape index (κ2) is 8.52. The molecule has 7 nitrogen and oxygen atoms in total. The zero-order chi connectivity index (χ0) is 20.2. The maximum absolute atomic E-state index is 12.4. The Kier molecular flexibility index (Phi) is 6.59. The molecule has 27 heavy (non-hydrogen) atoms. The predicted molar refractivity (Wildman–Crippen MR) is 112 cm³/mol. The van der Waals surface area contributed by atoms with Crippen molar-refractivity contribution in [1.82, 2.24) is 24.6 Å². The SMILES string of the molecule is C=CCN(CC=C)[C@@H](CNc1nc2c(cnn2C(C)(C)C)c(=O)[nH]1)C(C)C. The second-order valence-corrected chi connectivity index (χ2v) is 8.10. The molecule has 0 saturated heterocycles. The number of nitrogens with one attached hydrogen (secondary N) is 2. The third kappa shape index (κ3) is 4.86. The van der Waals surface area contributed by atoms with E-state index in [0.717, 1.165) is 13.1 Å². The summed E-state index contributed by atoms with van der Waals surface area (Å²) < 4.78 is 1.78. The number of rotatable bonds is 9. The van der Waals surface area contributed by atoms with Gasteiger partial charge < -0.3 is 5.32 Å². The molecule has 0 fully saturated rings. The average molecular weight is 373 g/mol. The minimum atomic E-state index is -0.259. The molecule has 2 aromatic rings. The number of fused-ring (bicyclic) bond motifs is 1. The molecule has 0 bridgehead atoms. The van der Waals surface area contributed by atoms with Crippen molar-refractivity contribution in [3.05, 3.63) is 41.9 Å². The van der Waals surface area contributed by atoms with Crippen LogP contribution in [0.3, 0.4) is 0 Å². The molecule has 0 aliphatic heterocycles. The molecule has 0 saturated carbocycles. The van der Waals surface area contributed by atoms with Crippen molar-refractivity contribution in [2.45, 2.75) is 46.2 Å². The van der Waals surface area contributed by atoms with Crippen molar-refractivity contribution < 1.29 is 0 Å². The molecule has 2 rings (SSSR count). The van der Waals surface area contributed by atoms with Gasteiger partial charge in [-0.25, -0.2) is 4.68 Å². The molecule has 7 heteroatoms. The van der Waals surface area contributed by atoms with Gasteiger partial charge in [-0.15, -0.1) is 13.2 Å². The summed E-state index contributed by atoms with van der Waals surface area (Å²) in [6.07, 6.45) is 5.36. The summed E-state index contributed by atoms with van der Waals surface area (Å²) in [7, 11) is 0. The van der Waals surface area contributed by atoms with E-state index in [1.54, 1.807) is 10.9 Å². The summed E-state index contributed by atoms with van der Waals surface area (Å²) in [6.45, 7) is 20.4. The highest BCUT2D eigenvalue weighted by Gasteiger charge is 2.22. The van der Waals surface area contributed by atoms with E-state index in [1.165, 1.54) is 0 Å². The number of anilines is 1. The fraction of sp³-hybridized carbons (Fsp3) is 0.550. The Morgan fingerprint density at radius 2 is 1.93 bits per heavy atom. The molecule has 148 valence electrons. The van der Waals surface area contributed by atoms with Crippen LogP contribution in [0.2, 0.25) is 0 Å². The van der Waals surface area contributed by atoms with Gasteiger partial charge in [0.25, 0.3) is 5.56 Å². The van der Waals surface area contributed by atoms with E-state index in [2.05, 4.69) is 52.3 Å². The first kappa shape index (κ1) is 20.9. The van der Waals surface area contributed by atoms with Gasteiger partial charge in [-0.05, 0) is 26.7 Å². The summed E-state index contributed by atoms with van der Waals surface area (Å²) >= 11 is 0. The van der Waals surface area contributed by atoms with E-state index in [-0.39, 0.29) is 17.1 Å². The normalized spacial score (nSPS) is 13.3. The maximum Gasteiger partial charge on any atom is 0.263 e. The molecule has 2 aromatic heterocycles. The minimum Gasteiger partial charge on any atom is -0.354 e. The van der Waals surface area contributed by atoms with E-state index in [0.29, 0.717) is 29.4 Å².